The van der Waals surface area contributed by atoms with Gasteiger partial charge in [0.1, 0.15) is 11.2 Å². The van der Waals surface area contributed by atoms with Crippen LogP contribution >= 0.6 is 0 Å². The Morgan fingerprint density at radius 3 is 2.24 bits per heavy atom. The second-order valence-corrected chi connectivity index (χ2v) is 8.22. The summed E-state index contributed by atoms with van der Waals surface area (Å²) < 4.78 is 52.9. The van der Waals surface area contributed by atoms with Crippen molar-refractivity contribution < 1.29 is 17.6 Å². The summed E-state index contributed by atoms with van der Waals surface area (Å²) in [5.74, 6) is -2.86. The first-order valence-corrected chi connectivity index (χ1v) is 9.27. The molecule has 29 heavy (non-hydrogen) atoms. The summed E-state index contributed by atoms with van der Waals surface area (Å²) in [6.07, 6.45) is 0. The molecule has 0 saturated heterocycles. The van der Waals surface area contributed by atoms with Crippen LogP contribution in [0.2, 0.25) is 0 Å². The number of aromatic nitrogens is 4. The van der Waals surface area contributed by atoms with Gasteiger partial charge in [0.05, 0.1) is 5.56 Å². The number of hydrogen-bond donors (Lipinski definition) is 0. The molecular formula is C23H23F2N4+. The molecule has 0 saturated carbocycles. The van der Waals surface area contributed by atoms with E-state index >= 15 is 0 Å². The maximum Gasteiger partial charge on any atom is 0.269 e. The molecule has 0 radical (unpaired) electrons. The zero-order valence-electron chi connectivity index (χ0n) is 19.9. The van der Waals surface area contributed by atoms with Gasteiger partial charge in [0.2, 0.25) is 0 Å². The van der Waals surface area contributed by atoms with Crippen molar-refractivity contribution in [3.8, 4) is 11.3 Å². The van der Waals surface area contributed by atoms with E-state index in [2.05, 4.69) is 41.9 Å². The van der Waals surface area contributed by atoms with Crippen LogP contribution in [0, 0.1) is 25.7 Å². The zero-order chi connectivity index (χ0) is 23.6. The van der Waals surface area contributed by atoms with Gasteiger partial charge in [-0.2, -0.15) is 8.78 Å². The van der Waals surface area contributed by atoms with Gasteiger partial charge >= 0.3 is 0 Å². The third-order valence-electron chi connectivity index (χ3n) is 5.21. The lowest BCUT2D eigenvalue weighted by atomic mass is 9.80. The number of fused-ring (bicyclic) bond motifs is 2. The first kappa shape index (κ1) is 15.9. The highest BCUT2D eigenvalue weighted by molar-refractivity contribution is 5.98. The molecule has 2 aromatic heterocycles. The largest absolute Gasteiger partial charge is 0.269 e. The first-order valence-electron chi connectivity index (χ1n) is 10.8. The molecule has 148 valence electrons. The van der Waals surface area contributed by atoms with Gasteiger partial charge in [0.25, 0.3) is 17.6 Å². The number of benzene rings is 2. The van der Waals surface area contributed by atoms with Crippen molar-refractivity contribution in [3.63, 3.8) is 0 Å². The van der Waals surface area contributed by atoms with Crippen LogP contribution in [0.3, 0.4) is 0 Å². The van der Waals surface area contributed by atoms with Crippen LogP contribution in [0.15, 0.2) is 30.3 Å². The Balaban J connectivity index is 2.22. The van der Waals surface area contributed by atoms with Crippen molar-refractivity contribution in [1.82, 2.24) is 15.1 Å². The van der Waals surface area contributed by atoms with Gasteiger partial charge in [0, 0.05) is 4.11 Å². The summed E-state index contributed by atoms with van der Waals surface area (Å²) >= 11 is 0. The topological polar surface area (TPSA) is 42.5 Å². The molecule has 0 aliphatic rings. The van der Waals surface area contributed by atoms with Gasteiger partial charge in [-0.1, -0.05) is 49.7 Å². The fraction of sp³-hybridized carbons (Fsp3) is 0.304. The van der Waals surface area contributed by atoms with E-state index in [0.717, 1.165) is 21.9 Å². The molecule has 2 aromatic carbocycles. The molecule has 0 aliphatic heterocycles. The predicted molar refractivity (Wildman–Crippen MR) is 110 cm³/mol. The summed E-state index contributed by atoms with van der Waals surface area (Å²) in [6.45, 7) is 5.54. The lowest BCUT2D eigenvalue weighted by Crippen LogP contribution is -2.37. The predicted octanol–water partition coefficient (Wildman–Crippen LogP) is 4.86. The van der Waals surface area contributed by atoms with E-state index in [0.29, 0.717) is 11.3 Å². The molecule has 0 amide bonds. The Kier molecular flexibility index (Phi) is 3.56. The van der Waals surface area contributed by atoms with E-state index in [1.807, 2.05) is 31.2 Å². The number of aryl methyl sites for hydroxylation is 3. The van der Waals surface area contributed by atoms with Crippen molar-refractivity contribution in [2.75, 3.05) is 0 Å². The van der Waals surface area contributed by atoms with Crippen LogP contribution in [0.4, 0.5) is 8.78 Å². The first-order chi connectivity index (χ1) is 14.8. The van der Waals surface area contributed by atoms with Crippen LogP contribution in [0.25, 0.3) is 33.1 Å². The Labute approximate surface area is 172 Å². The molecule has 0 fully saturated rings. The summed E-state index contributed by atoms with van der Waals surface area (Å²) in [5.41, 5.74) is 2.04. The van der Waals surface area contributed by atoms with E-state index in [1.54, 1.807) is 7.05 Å². The third-order valence-corrected chi connectivity index (χ3v) is 5.21. The Hall–Kier alpha value is -3.02. The molecular weight excluding hydrogens is 370 g/mol. The molecule has 0 atom stereocenters. The molecule has 2 heterocycles. The van der Waals surface area contributed by atoms with E-state index in [4.69, 9.17) is 4.11 Å². The minimum absolute atomic E-state index is 0.0502. The maximum atomic E-state index is 14.2. The molecule has 4 nitrogen and oxygen atoms in total. The molecule has 0 aliphatic carbocycles. The molecule has 6 heteroatoms. The standard InChI is InChI=1S/C23H23F2N4/c1-12-14-9-7-8-10-15(14)17(23(3,4)5)11-16(12)20-19-18(13(2)28-29(20)6)26-21(24)22(25)27-19/h7-11H,1-6H3/q+1/i2D3. The van der Waals surface area contributed by atoms with Gasteiger partial charge in [0.15, 0.2) is 12.6 Å². The number of nitrogens with zero attached hydrogens (tertiary/aromatic N) is 4. The van der Waals surface area contributed by atoms with Crippen molar-refractivity contribution >= 4 is 21.8 Å². The number of rotatable bonds is 1. The average Bonchev–Trinajstić information content (AvgIpc) is 2.68. The molecule has 4 aromatic rings. The molecule has 0 spiro atoms. The van der Waals surface area contributed by atoms with Crippen LogP contribution in [-0.4, -0.2) is 15.1 Å². The van der Waals surface area contributed by atoms with Crippen LogP contribution in [0.1, 0.15) is 41.7 Å². The highest BCUT2D eigenvalue weighted by atomic mass is 19.2. The number of hydrogen-bond acceptors (Lipinski definition) is 3. The van der Waals surface area contributed by atoms with Crippen LogP contribution < -0.4 is 4.68 Å². The molecule has 0 N–H and O–H groups in total. The normalized spacial score (nSPS) is 14.1. The minimum Gasteiger partial charge on any atom is -0.212 e. The summed E-state index contributed by atoms with van der Waals surface area (Å²) in [5, 5.41) is 6.28. The van der Waals surface area contributed by atoms with Crippen molar-refractivity contribution in [2.45, 2.75) is 40.0 Å². The Morgan fingerprint density at radius 1 is 1.00 bits per heavy atom. The van der Waals surface area contributed by atoms with Gasteiger partial charge < -0.3 is 0 Å². The van der Waals surface area contributed by atoms with E-state index in [9.17, 15) is 8.78 Å². The quantitative estimate of drug-likeness (QED) is 0.432. The van der Waals surface area contributed by atoms with E-state index in [-0.39, 0.29) is 16.4 Å². The molecule has 0 bridgehead atoms. The van der Waals surface area contributed by atoms with Crippen molar-refractivity contribution in [3.05, 3.63) is 59.0 Å². The fourth-order valence-electron chi connectivity index (χ4n) is 3.81. The summed E-state index contributed by atoms with van der Waals surface area (Å²) in [6, 6.07) is 9.96. The summed E-state index contributed by atoms with van der Waals surface area (Å²) in [7, 11) is 1.57. The second-order valence-electron chi connectivity index (χ2n) is 8.22. The highest BCUT2D eigenvalue weighted by Gasteiger charge is 2.28. The van der Waals surface area contributed by atoms with Gasteiger partial charge in [-0.3, -0.25) is 0 Å². The lowest BCUT2D eigenvalue weighted by Gasteiger charge is -2.23. The Bertz CT molecular complexity index is 1390. The lowest BCUT2D eigenvalue weighted by molar-refractivity contribution is -0.719. The van der Waals surface area contributed by atoms with Crippen molar-refractivity contribution in [2.24, 2.45) is 7.05 Å². The van der Waals surface area contributed by atoms with Crippen LogP contribution in [0.5, 0.6) is 0 Å². The fourth-order valence-corrected chi connectivity index (χ4v) is 3.81. The number of halogens is 2. The Morgan fingerprint density at radius 2 is 1.62 bits per heavy atom. The average molecular weight is 396 g/mol. The zero-order valence-corrected chi connectivity index (χ0v) is 16.9. The van der Waals surface area contributed by atoms with Gasteiger partial charge in [-0.25, -0.2) is 9.97 Å². The minimum atomic E-state index is -2.68. The van der Waals surface area contributed by atoms with E-state index < -0.39 is 24.4 Å². The SMILES string of the molecule is [2H]C([2H])([2H])c1n[n+](C)c(-c2cc(C(C)(C)C)c3ccccc3c2C)c2nc(F)c(F)nc12. The van der Waals surface area contributed by atoms with E-state index in [1.165, 1.54) is 4.68 Å². The third kappa shape index (κ3) is 3.03. The van der Waals surface area contributed by atoms with Crippen molar-refractivity contribution in [1.29, 1.82) is 0 Å². The van der Waals surface area contributed by atoms with Gasteiger partial charge in [-0.05, 0) is 52.3 Å². The monoisotopic (exact) mass is 396 g/mol. The molecule has 0 unspecified atom stereocenters. The molecule has 4 rings (SSSR count). The maximum absolute atomic E-state index is 14.2. The smallest absolute Gasteiger partial charge is 0.212 e. The van der Waals surface area contributed by atoms with Gasteiger partial charge in [-0.15, -0.1) is 0 Å². The second kappa shape index (κ2) is 6.51. The van der Waals surface area contributed by atoms with Crippen LogP contribution in [-0.2, 0) is 12.5 Å². The summed E-state index contributed by atoms with van der Waals surface area (Å²) in [4.78, 5) is 7.38. The highest BCUT2D eigenvalue weighted by Crippen LogP contribution is 2.38.